The fraction of sp³-hybridized carbons (Fsp3) is 0.0909. The highest BCUT2D eigenvalue weighted by Crippen LogP contribution is 2.36. The molecule has 1 heterocycles. The Bertz CT molecular complexity index is 998. The lowest BCUT2D eigenvalue weighted by atomic mass is 9.97. The SMILES string of the molecule is O=C(c1ccccc1)N1N=C(c2ccccc2O)C[C@H]1c1ccc(O)cc1. The van der Waals surface area contributed by atoms with Gasteiger partial charge in [-0.25, -0.2) is 5.01 Å². The molecule has 1 amide bonds. The molecule has 5 heteroatoms. The van der Waals surface area contributed by atoms with E-state index in [0.29, 0.717) is 23.3 Å². The van der Waals surface area contributed by atoms with Crippen LogP contribution in [0.2, 0.25) is 0 Å². The summed E-state index contributed by atoms with van der Waals surface area (Å²) < 4.78 is 0. The molecule has 1 atom stereocenters. The van der Waals surface area contributed by atoms with Crippen molar-refractivity contribution >= 4 is 11.6 Å². The summed E-state index contributed by atoms with van der Waals surface area (Å²) in [4.78, 5) is 13.1. The van der Waals surface area contributed by atoms with Gasteiger partial charge in [0.15, 0.2) is 0 Å². The number of carbonyl (C=O) groups is 1. The molecule has 3 aromatic rings. The topological polar surface area (TPSA) is 73.1 Å². The van der Waals surface area contributed by atoms with E-state index in [-0.39, 0.29) is 23.4 Å². The number of hydrogen-bond acceptors (Lipinski definition) is 4. The molecule has 1 aliphatic heterocycles. The molecule has 0 fully saturated rings. The average molecular weight is 358 g/mol. The second kappa shape index (κ2) is 6.96. The van der Waals surface area contributed by atoms with E-state index in [9.17, 15) is 15.0 Å². The third-order valence-corrected chi connectivity index (χ3v) is 4.63. The van der Waals surface area contributed by atoms with Crippen LogP contribution in [-0.2, 0) is 0 Å². The lowest BCUT2D eigenvalue weighted by molar-refractivity contribution is 0.0711. The highest BCUT2D eigenvalue weighted by atomic mass is 16.3. The smallest absolute Gasteiger partial charge is 0.274 e. The molecule has 4 rings (SSSR count). The molecule has 3 aromatic carbocycles. The zero-order valence-corrected chi connectivity index (χ0v) is 14.5. The third-order valence-electron chi connectivity index (χ3n) is 4.63. The number of hydrogen-bond donors (Lipinski definition) is 2. The Balaban J connectivity index is 1.75. The number of phenols is 2. The van der Waals surface area contributed by atoms with Crippen molar-refractivity contribution in [1.82, 2.24) is 5.01 Å². The van der Waals surface area contributed by atoms with E-state index in [1.54, 1.807) is 54.6 Å². The van der Waals surface area contributed by atoms with Gasteiger partial charge >= 0.3 is 0 Å². The van der Waals surface area contributed by atoms with E-state index in [1.807, 2.05) is 24.3 Å². The monoisotopic (exact) mass is 358 g/mol. The minimum Gasteiger partial charge on any atom is -0.508 e. The van der Waals surface area contributed by atoms with Crippen LogP contribution >= 0.6 is 0 Å². The first-order chi connectivity index (χ1) is 13.1. The molecule has 134 valence electrons. The number of hydrazone groups is 1. The number of aromatic hydroxyl groups is 2. The lowest BCUT2D eigenvalue weighted by Gasteiger charge is -2.22. The number of amides is 1. The summed E-state index contributed by atoms with van der Waals surface area (Å²) >= 11 is 0. The van der Waals surface area contributed by atoms with E-state index in [4.69, 9.17) is 0 Å². The summed E-state index contributed by atoms with van der Waals surface area (Å²) in [5.74, 6) is 0.0911. The maximum atomic E-state index is 13.1. The molecule has 5 nitrogen and oxygen atoms in total. The zero-order chi connectivity index (χ0) is 18.8. The van der Waals surface area contributed by atoms with Crippen LogP contribution in [-0.4, -0.2) is 26.8 Å². The molecular weight excluding hydrogens is 340 g/mol. The van der Waals surface area contributed by atoms with E-state index >= 15 is 0 Å². The molecule has 0 saturated heterocycles. The van der Waals surface area contributed by atoms with Crippen molar-refractivity contribution in [2.75, 3.05) is 0 Å². The Morgan fingerprint density at radius 1 is 0.889 bits per heavy atom. The van der Waals surface area contributed by atoms with Gasteiger partial charge < -0.3 is 10.2 Å². The molecule has 0 spiro atoms. The first kappa shape index (κ1) is 16.8. The normalized spacial score (nSPS) is 16.2. The van der Waals surface area contributed by atoms with Gasteiger partial charge in [-0.05, 0) is 42.0 Å². The predicted octanol–water partition coefficient (Wildman–Crippen LogP) is 4.09. The van der Waals surface area contributed by atoms with Crippen molar-refractivity contribution in [1.29, 1.82) is 0 Å². The fourth-order valence-electron chi connectivity index (χ4n) is 3.25. The number of benzene rings is 3. The summed E-state index contributed by atoms with van der Waals surface area (Å²) in [5, 5.41) is 25.8. The van der Waals surface area contributed by atoms with Crippen molar-refractivity contribution in [3.63, 3.8) is 0 Å². The Hall–Kier alpha value is -3.60. The molecule has 0 aromatic heterocycles. The van der Waals surface area contributed by atoms with Crippen molar-refractivity contribution < 1.29 is 15.0 Å². The van der Waals surface area contributed by atoms with Gasteiger partial charge in [0.1, 0.15) is 11.5 Å². The highest BCUT2D eigenvalue weighted by molar-refractivity contribution is 6.06. The maximum Gasteiger partial charge on any atom is 0.274 e. The number of carbonyl (C=O) groups excluding carboxylic acids is 1. The number of nitrogens with zero attached hydrogens (tertiary/aromatic N) is 2. The van der Waals surface area contributed by atoms with Crippen LogP contribution in [0, 0.1) is 0 Å². The highest BCUT2D eigenvalue weighted by Gasteiger charge is 2.34. The first-order valence-electron chi connectivity index (χ1n) is 8.67. The predicted molar refractivity (Wildman–Crippen MR) is 103 cm³/mol. The molecule has 0 aliphatic carbocycles. The Morgan fingerprint density at radius 2 is 1.56 bits per heavy atom. The minimum absolute atomic E-state index is 0.134. The van der Waals surface area contributed by atoms with Crippen molar-refractivity contribution in [3.8, 4) is 11.5 Å². The van der Waals surface area contributed by atoms with Gasteiger partial charge in [0.25, 0.3) is 5.91 Å². The first-order valence-corrected chi connectivity index (χ1v) is 8.67. The lowest BCUT2D eigenvalue weighted by Crippen LogP contribution is -2.27. The second-order valence-corrected chi connectivity index (χ2v) is 6.39. The van der Waals surface area contributed by atoms with Crippen LogP contribution in [0.3, 0.4) is 0 Å². The van der Waals surface area contributed by atoms with Crippen molar-refractivity contribution in [3.05, 3.63) is 95.6 Å². The van der Waals surface area contributed by atoms with Crippen LogP contribution in [0.5, 0.6) is 11.5 Å². The van der Waals surface area contributed by atoms with Crippen LogP contribution in [0.1, 0.15) is 33.9 Å². The van der Waals surface area contributed by atoms with Gasteiger partial charge in [-0.2, -0.15) is 5.10 Å². The van der Waals surface area contributed by atoms with Crippen LogP contribution < -0.4 is 0 Å². The molecule has 0 saturated carbocycles. The summed E-state index contributed by atoms with van der Waals surface area (Å²) in [6.07, 6.45) is 0.473. The second-order valence-electron chi connectivity index (χ2n) is 6.39. The summed E-state index contributed by atoms with van der Waals surface area (Å²) in [6.45, 7) is 0. The average Bonchev–Trinajstić information content (AvgIpc) is 3.14. The van der Waals surface area contributed by atoms with Crippen molar-refractivity contribution in [2.24, 2.45) is 5.10 Å². The van der Waals surface area contributed by atoms with Gasteiger partial charge in [-0.15, -0.1) is 0 Å². The minimum atomic E-state index is -0.312. The Kier molecular flexibility index (Phi) is 4.34. The van der Waals surface area contributed by atoms with E-state index in [0.717, 1.165) is 5.56 Å². The quantitative estimate of drug-likeness (QED) is 0.741. The van der Waals surface area contributed by atoms with Crippen LogP contribution in [0.25, 0.3) is 0 Å². The Labute approximate surface area is 156 Å². The third kappa shape index (κ3) is 3.27. The molecule has 27 heavy (non-hydrogen) atoms. The fourth-order valence-corrected chi connectivity index (χ4v) is 3.25. The molecular formula is C22H18N2O3. The van der Waals surface area contributed by atoms with Gasteiger partial charge in [0.05, 0.1) is 11.8 Å². The summed E-state index contributed by atoms with van der Waals surface area (Å²) in [5.41, 5.74) is 2.68. The van der Waals surface area contributed by atoms with Gasteiger partial charge in [-0.1, -0.05) is 42.5 Å². The van der Waals surface area contributed by atoms with Crippen LogP contribution in [0.15, 0.2) is 84.0 Å². The molecule has 0 unspecified atom stereocenters. The summed E-state index contributed by atoms with van der Waals surface area (Å²) in [7, 11) is 0. The number of para-hydroxylation sites is 1. The van der Waals surface area contributed by atoms with Crippen molar-refractivity contribution in [2.45, 2.75) is 12.5 Å². The van der Waals surface area contributed by atoms with E-state index in [1.165, 1.54) is 5.01 Å². The Morgan fingerprint density at radius 3 is 2.26 bits per heavy atom. The molecule has 0 bridgehead atoms. The molecule has 0 radical (unpaired) electrons. The molecule has 1 aliphatic rings. The van der Waals surface area contributed by atoms with Gasteiger partial charge in [0, 0.05) is 17.5 Å². The van der Waals surface area contributed by atoms with Crippen LogP contribution in [0.4, 0.5) is 0 Å². The van der Waals surface area contributed by atoms with E-state index in [2.05, 4.69) is 5.10 Å². The number of phenolic OH excluding ortho intramolecular Hbond substituents is 2. The number of rotatable bonds is 3. The van der Waals surface area contributed by atoms with Gasteiger partial charge in [-0.3, -0.25) is 4.79 Å². The summed E-state index contributed by atoms with van der Waals surface area (Å²) in [6, 6.07) is 22.4. The standard InChI is InChI=1S/C22H18N2O3/c25-17-12-10-15(11-13-17)20-14-19(18-8-4-5-9-21(18)26)23-24(20)22(27)16-6-2-1-3-7-16/h1-13,20,25-26H,14H2/t20-/m0/s1. The maximum absolute atomic E-state index is 13.1. The van der Waals surface area contributed by atoms with E-state index < -0.39 is 0 Å². The molecule has 2 N–H and O–H groups in total. The zero-order valence-electron chi connectivity index (χ0n) is 14.5. The largest absolute Gasteiger partial charge is 0.508 e. The van der Waals surface area contributed by atoms with Gasteiger partial charge in [0.2, 0.25) is 0 Å².